The van der Waals surface area contributed by atoms with Crippen molar-refractivity contribution in [1.82, 2.24) is 9.97 Å². The van der Waals surface area contributed by atoms with E-state index >= 15 is 0 Å². The summed E-state index contributed by atoms with van der Waals surface area (Å²) in [4.78, 5) is 6.75. The fraction of sp³-hybridized carbons (Fsp3) is 0.250. The van der Waals surface area contributed by atoms with Gasteiger partial charge in [-0.25, -0.2) is 4.98 Å². The Morgan fingerprint density at radius 1 is 1.71 bits per heavy atom. The van der Waals surface area contributed by atoms with E-state index in [0.717, 1.165) is 5.82 Å². The van der Waals surface area contributed by atoms with Gasteiger partial charge >= 0.3 is 0 Å². The van der Waals surface area contributed by atoms with Gasteiger partial charge in [0.2, 0.25) is 0 Å². The van der Waals surface area contributed by atoms with Gasteiger partial charge in [-0.15, -0.1) is 0 Å². The summed E-state index contributed by atoms with van der Waals surface area (Å²) in [5.74, 6) is 0.968. The molecule has 1 rings (SSSR count). The minimum atomic E-state index is 0. The van der Waals surface area contributed by atoms with Gasteiger partial charge in [0.1, 0.15) is 5.82 Å². The molecule has 0 bridgehead atoms. The molecular formula is C4H6CuN2. The Balaban J connectivity index is 0.000000360. The fourth-order valence-electron chi connectivity index (χ4n) is 0.344. The second kappa shape index (κ2) is 2.83. The molecule has 1 heterocycles. The van der Waals surface area contributed by atoms with Gasteiger partial charge in [0.25, 0.3) is 0 Å². The molecule has 0 saturated carbocycles. The quantitative estimate of drug-likeness (QED) is 0.536. The van der Waals surface area contributed by atoms with Gasteiger partial charge in [-0.05, 0) is 6.92 Å². The predicted molar refractivity (Wildman–Crippen MR) is 23.3 cm³/mol. The van der Waals surface area contributed by atoms with Crippen LogP contribution in [0.3, 0.4) is 0 Å². The molecule has 0 aliphatic heterocycles. The standard InChI is InChI=1S/C4H6N2.Cu/c1-4-5-2-3-6-4;/h2-3H,1H3,(H,5,6);. The van der Waals surface area contributed by atoms with Crippen molar-refractivity contribution in [3.8, 4) is 0 Å². The van der Waals surface area contributed by atoms with Crippen LogP contribution in [0.2, 0.25) is 0 Å². The molecule has 1 N–H and O–H groups in total. The molecule has 0 unspecified atom stereocenters. The van der Waals surface area contributed by atoms with Gasteiger partial charge in [-0.3, -0.25) is 0 Å². The molecule has 0 fully saturated rings. The second-order valence-corrected chi connectivity index (χ2v) is 1.17. The van der Waals surface area contributed by atoms with Crippen LogP contribution >= 0.6 is 0 Å². The molecular weight excluding hydrogens is 140 g/mol. The summed E-state index contributed by atoms with van der Waals surface area (Å²) in [6.45, 7) is 1.92. The summed E-state index contributed by atoms with van der Waals surface area (Å²) in [5.41, 5.74) is 0. The zero-order valence-corrected chi connectivity index (χ0v) is 4.85. The molecule has 0 aromatic carbocycles. The van der Waals surface area contributed by atoms with Gasteiger partial charge in [0.05, 0.1) is 0 Å². The van der Waals surface area contributed by atoms with E-state index in [1.807, 2.05) is 6.92 Å². The summed E-state index contributed by atoms with van der Waals surface area (Å²) >= 11 is 0. The van der Waals surface area contributed by atoms with Gasteiger partial charge in [-0.2, -0.15) is 0 Å². The number of aromatic nitrogens is 2. The molecule has 0 amide bonds. The zero-order valence-electron chi connectivity index (χ0n) is 3.90. The number of rotatable bonds is 0. The van der Waals surface area contributed by atoms with Crippen molar-refractivity contribution in [3.05, 3.63) is 18.2 Å². The Morgan fingerprint density at radius 3 is 2.57 bits per heavy atom. The Morgan fingerprint density at radius 2 is 2.43 bits per heavy atom. The molecule has 0 aliphatic carbocycles. The minimum Gasteiger partial charge on any atom is -0.349 e. The number of aromatic amines is 1. The van der Waals surface area contributed by atoms with Crippen molar-refractivity contribution < 1.29 is 17.1 Å². The second-order valence-electron chi connectivity index (χ2n) is 1.17. The van der Waals surface area contributed by atoms with Crippen molar-refractivity contribution in [2.75, 3.05) is 0 Å². The van der Waals surface area contributed by atoms with E-state index in [1.165, 1.54) is 0 Å². The van der Waals surface area contributed by atoms with Gasteiger partial charge in [0.15, 0.2) is 0 Å². The van der Waals surface area contributed by atoms with Gasteiger partial charge in [-0.1, -0.05) is 0 Å². The van der Waals surface area contributed by atoms with Crippen molar-refractivity contribution in [2.24, 2.45) is 0 Å². The number of hydrogen-bond acceptors (Lipinski definition) is 1. The first-order chi connectivity index (χ1) is 2.89. The van der Waals surface area contributed by atoms with Crippen LogP contribution in [0.5, 0.6) is 0 Å². The molecule has 0 saturated heterocycles. The summed E-state index contributed by atoms with van der Waals surface area (Å²) < 4.78 is 0. The van der Waals surface area contributed by atoms with Crippen LogP contribution in [0.15, 0.2) is 12.4 Å². The maximum absolute atomic E-state index is 3.86. The molecule has 1 aromatic rings. The third-order valence-electron chi connectivity index (χ3n) is 0.635. The largest absolute Gasteiger partial charge is 0.349 e. The summed E-state index contributed by atoms with van der Waals surface area (Å²) in [6, 6.07) is 0. The fourth-order valence-corrected chi connectivity index (χ4v) is 0.344. The van der Waals surface area contributed by atoms with Crippen LogP contribution in [0.4, 0.5) is 0 Å². The zero-order chi connectivity index (χ0) is 4.41. The Kier molecular flexibility index (Phi) is 2.72. The Labute approximate surface area is 52.8 Å². The Hall–Kier alpha value is -0.271. The van der Waals surface area contributed by atoms with E-state index in [-0.39, 0.29) is 17.1 Å². The Bertz CT molecular complexity index is 113. The van der Waals surface area contributed by atoms with Crippen LogP contribution in [0, 0.1) is 6.92 Å². The number of nitrogens with one attached hydrogen (secondary N) is 1. The monoisotopic (exact) mass is 145 g/mol. The summed E-state index contributed by atoms with van der Waals surface area (Å²) in [6.07, 6.45) is 3.53. The van der Waals surface area contributed by atoms with Crippen molar-refractivity contribution >= 4 is 0 Å². The van der Waals surface area contributed by atoms with Crippen LogP contribution < -0.4 is 0 Å². The normalized spacial score (nSPS) is 7.57. The van der Waals surface area contributed by atoms with Crippen molar-refractivity contribution in [2.45, 2.75) is 6.92 Å². The number of nitrogens with zero attached hydrogens (tertiary/aromatic N) is 1. The van der Waals surface area contributed by atoms with E-state index in [0.29, 0.717) is 0 Å². The number of imidazole rings is 1. The summed E-state index contributed by atoms with van der Waals surface area (Å²) in [5, 5.41) is 0. The van der Waals surface area contributed by atoms with Crippen LogP contribution in [-0.2, 0) is 17.1 Å². The van der Waals surface area contributed by atoms with Crippen LogP contribution in [-0.4, -0.2) is 9.97 Å². The number of aryl methyl sites for hydroxylation is 1. The smallest absolute Gasteiger partial charge is 0.102 e. The van der Waals surface area contributed by atoms with Gasteiger partial charge < -0.3 is 4.98 Å². The van der Waals surface area contributed by atoms with Crippen LogP contribution in [0.1, 0.15) is 5.82 Å². The van der Waals surface area contributed by atoms with E-state index in [2.05, 4.69) is 9.97 Å². The van der Waals surface area contributed by atoms with E-state index < -0.39 is 0 Å². The molecule has 3 heteroatoms. The topological polar surface area (TPSA) is 28.7 Å². The maximum Gasteiger partial charge on any atom is 0.102 e. The minimum absolute atomic E-state index is 0. The molecule has 2 nitrogen and oxygen atoms in total. The van der Waals surface area contributed by atoms with Crippen molar-refractivity contribution in [1.29, 1.82) is 0 Å². The first-order valence-corrected chi connectivity index (χ1v) is 1.85. The first-order valence-electron chi connectivity index (χ1n) is 1.85. The molecule has 1 aromatic heterocycles. The van der Waals surface area contributed by atoms with Gasteiger partial charge in [0, 0.05) is 29.5 Å². The molecule has 43 valence electrons. The molecule has 0 aliphatic rings. The average molecular weight is 146 g/mol. The van der Waals surface area contributed by atoms with Crippen molar-refractivity contribution in [3.63, 3.8) is 0 Å². The van der Waals surface area contributed by atoms with E-state index in [9.17, 15) is 0 Å². The SMILES string of the molecule is Cc1ncc[nH]1.[Cu]. The molecule has 1 radical (unpaired) electrons. The molecule has 0 atom stereocenters. The number of hydrogen-bond donors (Lipinski definition) is 1. The van der Waals surface area contributed by atoms with E-state index in [1.54, 1.807) is 12.4 Å². The maximum atomic E-state index is 3.86. The van der Waals surface area contributed by atoms with E-state index in [4.69, 9.17) is 0 Å². The van der Waals surface area contributed by atoms with Crippen LogP contribution in [0.25, 0.3) is 0 Å². The average Bonchev–Trinajstić information content (AvgIpc) is 1.86. The molecule has 0 spiro atoms. The molecule has 7 heavy (non-hydrogen) atoms. The third kappa shape index (κ3) is 1.76. The number of H-pyrrole nitrogens is 1. The summed E-state index contributed by atoms with van der Waals surface area (Å²) in [7, 11) is 0. The first kappa shape index (κ1) is 6.73. The predicted octanol–water partition coefficient (Wildman–Crippen LogP) is 0.716. The third-order valence-corrected chi connectivity index (χ3v) is 0.635.